The van der Waals surface area contributed by atoms with E-state index in [1.165, 1.54) is 31.5 Å². The summed E-state index contributed by atoms with van der Waals surface area (Å²) >= 11 is 0. The number of methoxy groups -OCH3 is 1. The molecule has 9 heteroatoms. The molecule has 2 heterocycles. The van der Waals surface area contributed by atoms with E-state index in [1.807, 2.05) is 0 Å². The molecule has 0 radical (unpaired) electrons. The van der Waals surface area contributed by atoms with E-state index in [0.717, 1.165) is 0 Å². The first-order chi connectivity index (χ1) is 13.5. The van der Waals surface area contributed by atoms with Crippen molar-refractivity contribution in [2.45, 2.75) is 6.92 Å². The first-order valence-electron chi connectivity index (χ1n) is 8.16. The topological polar surface area (TPSA) is 123 Å². The highest BCUT2D eigenvalue weighted by molar-refractivity contribution is 6.08. The largest absolute Gasteiger partial charge is 0.465 e. The van der Waals surface area contributed by atoms with Gasteiger partial charge in [0.15, 0.2) is 5.82 Å². The van der Waals surface area contributed by atoms with E-state index >= 15 is 0 Å². The lowest BCUT2D eigenvalue weighted by Gasteiger charge is -2.08. The van der Waals surface area contributed by atoms with Crippen LogP contribution in [0.4, 0.5) is 11.5 Å². The highest BCUT2D eigenvalue weighted by atomic mass is 16.5. The van der Waals surface area contributed by atoms with Crippen LogP contribution in [0.2, 0.25) is 0 Å². The van der Waals surface area contributed by atoms with Crippen LogP contribution in [-0.4, -0.2) is 35.0 Å². The monoisotopic (exact) mass is 380 g/mol. The minimum Gasteiger partial charge on any atom is -0.465 e. The third-order valence-corrected chi connectivity index (χ3v) is 3.67. The Morgan fingerprint density at radius 1 is 1.00 bits per heavy atom. The van der Waals surface area contributed by atoms with Gasteiger partial charge in [0.05, 0.1) is 12.7 Å². The SMILES string of the molecule is COC(=O)c1cccc(NC(=O)c2ccnc(C(=O)Nc3cc(C)on3)c2)c1. The summed E-state index contributed by atoms with van der Waals surface area (Å²) in [6, 6.07) is 10.7. The highest BCUT2D eigenvalue weighted by Crippen LogP contribution is 2.14. The summed E-state index contributed by atoms with van der Waals surface area (Å²) in [6.45, 7) is 1.70. The van der Waals surface area contributed by atoms with Crippen LogP contribution in [0, 0.1) is 6.92 Å². The van der Waals surface area contributed by atoms with E-state index in [9.17, 15) is 14.4 Å². The van der Waals surface area contributed by atoms with Crippen LogP contribution >= 0.6 is 0 Å². The van der Waals surface area contributed by atoms with Gasteiger partial charge in [-0.3, -0.25) is 14.6 Å². The number of esters is 1. The molecule has 0 aliphatic carbocycles. The zero-order valence-corrected chi connectivity index (χ0v) is 15.1. The summed E-state index contributed by atoms with van der Waals surface area (Å²) in [6.07, 6.45) is 1.35. The van der Waals surface area contributed by atoms with E-state index in [2.05, 4.69) is 25.5 Å². The molecule has 2 amide bonds. The Morgan fingerprint density at radius 2 is 1.82 bits per heavy atom. The van der Waals surface area contributed by atoms with Crippen molar-refractivity contribution in [3.8, 4) is 0 Å². The molecule has 0 atom stereocenters. The van der Waals surface area contributed by atoms with Crippen molar-refractivity contribution in [1.82, 2.24) is 10.1 Å². The number of aryl methyl sites for hydroxylation is 1. The molecule has 0 bridgehead atoms. The molecule has 0 spiro atoms. The number of nitrogens with zero attached hydrogens (tertiary/aromatic N) is 2. The summed E-state index contributed by atoms with van der Waals surface area (Å²) in [5.41, 5.74) is 0.975. The molecule has 142 valence electrons. The van der Waals surface area contributed by atoms with Crippen LogP contribution in [0.25, 0.3) is 0 Å². The quantitative estimate of drug-likeness (QED) is 0.652. The number of aromatic nitrogens is 2. The number of pyridine rings is 1. The number of benzene rings is 1. The summed E-state index contributed by atoms with van der Waals surface area (Å²) in [4.78, 5) is 40.3. The summed E-state index contributed by atoms with van der Waals surface area (Å²) < 4.78 is 9.54. The number of nitrogens with one attached hydrogen (secondary N) is 2. The number of anilines is 2. The third-order valence-electron chi connectivity index (χ3n) is 3.67. The predicted molar refractivity (Wildman–Crippen MR) is 99.2 cm³/mol. The number of ether oxygens (including phenoxy) is 1. The zero-order chi connectivity index (χ0) is 20.1. The second-order valence-electron chi connectivity index (χ2n) is 5.73. The first kappa shape index (κ1) is 18.8. The van der Waals surface area contributed by atoms with E-state index in [4.69, 9.17) is 4.52 Å². The molecule has 2 aromatic heterocycles. The highest BCUT2D eigenvalue weighted by Gasteiger charge is 2.14. The molecule has 0 unspecified atom stereocenters. The molecule has 28 heavy (non-hydrogen) atoms. The van der Waals surface area contributed by atoms with E-state index < -0.39 is 17.8 Å². The normalized spacial score (nSPS) is 10.2. The Hall–Kier alpha value is -4.01. The average Bonchev–Trinajstić information content (AvgIpc) is 3.12. The molecule has 1 aromatic carbocycles. The molecule has 0 aliphatic rings. The van der Waals surface area contributed by atoms with Gasteiger partial charge < -0.3 is 19.9 Å². The first-order valence-corrected chi connectivity index (χ1v) is 8.16. The summed E-state index contributed by atoms with van der Waals surface area (Å²) in [5, 5.41) is 8.87. The number of amides is 2. The molecule has 0 saturated carbocycles. The van der Waals surface area contributed by atoms with Gasteiger partial charge in [-0.2, -0.15) is 0 Å². The Balaban J connectivity index is 1.73. The smallest absolute Gasteiger partial charge is 0.337 e. The van der Waals surface area contributed by atoms with Crippen molar-refractivity contribution in [2.75, 3.05) is 17.7 Å². The predicted octanol–water partition coefficient (Wildman–Crippen LogP) is 2.67. The van der Waals surface area contributed by atoms with Gasteiger partial charge in [0.25, 0.3) is 11.8 Å². The summed E-state index contributed by atoms with van der Waals surface area (Å²) in [7, 11) is 1.28. The van der Waals surface area contributed by atoms with Gasteiger partial charge >= 0.3 is 5.97 Å². The average molecular weight is 380 g/mol. The maximum Gasteiger partial charge on any atom is 0.337 e. The van der Waals surface area contributed by atoms with E-state index in [0.29, 0.717) is 17.0 Å². The number of rotatable bonds is 5. The number of carbonyl (C=O) groups excluding carboxylic acids is 3. The Kier molecular flexibility index (Phi) is 5.45. The lowest BCUT2D eigenvalue weighted by atomic mass is 10.1. The minimum absolute atomic E-state index is 0.0385. The fourth-order valence-corrected chi connectivity index (χ4v) is 2.35. The van der Waals surface area contributed by atoms with Gasteiger partial charge in [-0.05, 0) is 37.3 Å². The molecule has 9 nitrogen and oxygen atoms in total. The van der Waals surface area contributed by atoms with Crippen LogP contribution in [0.15, 0.2) is 53.2 Å². The second-order valence-corrected chi connectivity index (χ2v) is 5.73. The maximum absolute atomic E-state index is 12.5. The van der Waals surface area contributed by atoms with Crippen LogP contribution in [0.3, 0.4) is 0 Å². The Labute approximate surface area is 159 Å². The van der Waals surface area contributed by atoms with E-state index in [1.54, 1.807) is 31.2 Å². The standard InChI is InChI=1S/C19H16N4O5/c1-11-8-16(23-28-11)22-18(25)15-10-12(6-7-20-15)17(24)21-14-5-3-4-13(9-14)19(26)27-2/h3-10H,1-2H3,(H,21,24)(H,22,23,25). The summed E-state index contributed by atoms with van der Waals surface area (Å²) in [5.74, 6) is -0.710. The molecule has 0 aliphatic heterocycles. The van der Waals surface area contributed by atoms with Crippen molar-refractivity contribution >= 4 is 29.3 Å². The van der Waals surface area contributed by atoms with Crippen molar-refractivity contribution < 1.29 is 23.6 Å². The van der Waals surface area contributed by atoms with Gasteiger partial charge in [-0.15, -0.1) is 0 Å². The van der Waals surface area contributed by atoms with Gasteiger partial charge in [0.1, 0.15) is 11.5 Å². The molecule has 3 rings (SSSR count). The molecule has 3 aromatic rings. The van der Waals surface area contributed by atoms with Gasteiger partial charge in [0, 0.05) is 23.5 Å². The lowest BCUT2D eigenvalue weighted by molar-refractivity contribution is 0.0600. The fourth-order valence-electron chi connectivity index (χ4n) is 2.35. The number of hydrogen-bond acceptors (Lipinski definition) is 7. The fraction of sp³-hybridized carbons (Fsp3) is 0.105. The lowest BCUT2D eigenvalue weighted by Crippen LogP contribution is -2.17. The minimum atomic E-state index is -0.532. The van der Waals surface area contributed by atoms with Crippen molar-refractivity contribution in [3.63, 3.8) is 0 Å². The number of carbonyl (C=O) groups is 3. The molecule has 0 saturated heterocycles. The van der Waals surface area contributed by atoms with Gasteiger partial charge in [-0.25, -0.2) is 4.79 Å². The van der Waals surface area contributed by atoms with E-state index in [-0.39, 0.29) is 17.1 Å². The second kappa shape index (κ2) is 8.12. The van der Waals surface area contributed by atoms with Crippen LogP contribution in [0.1, 0.15) is 37.0 Å². The molecule has 0 fully saturated rings. The molecular formula is C19H16N4O5. The van der Waals surface area contributed by atoms with Crippen molar-refractivity contribution in [3.05, 3.63) is 71.2 Å². The Bertz CT molecular complexity index is 1040. The third kappa shape index (κ3) is 4.39. The van der Waals surface area contributed by atoms with Crippen molar-refractivity contribution in [2.24, 2.45) is 0 Å². The van der Waals surface area contributed by atoms with Crippen LogP contribution in [0.5, 0.6) is 0 Å². The van der Waals surface area contributed by atoms with Gasteiger partial charge in [0.2, 0.25) is 0 Å². The van der Waals surface area contributed by atoms with Crippen molar-refractivity contribution in [1.29, 1.82) is 0 Å². The Morgan fingerprint density at radius 3 is 2.54 bits per heavy atom. The van der Waals surface area contributed by atoms with Crippen LogP contribution < -0.4 is 10.6 Å². The number of hydrogen-bond donors (Lipinski definition) is 2. The van der Waals surface area contributed by atoms with Gasteiger partial charge in [-0.1, -0.05) is 11.2 Å². The molecule has 2 N–H and O–H groups in total. The molecular weight excluding hydrogens is 364 g/mol. The zero-order valence-electron chi connectivity index (χ0n) is 15.1. The van der Waals surface area contributed by atoms with Crippen LogP contribution in [-0.2, 0) is 4.74 Å². The maximum atomic E-state index is 12.5.